The van der Waals surface area contributed by atoms with E-state index in [1.54, 1.807) is 25.3 Å². The molecular weight excluding hydrogens is 376 g/mol. The smallest absolute Gasteiger partial charge is 0.251 e. The van der Waals surface area contributed by atoms with Crippen molar-refractivity contribution in [2.75, 3.05) is 27.7 Å². The van der Waals surface area contributed by atoms with Crippen molar-refractivity contribution in [1.82, 2.24) is 10.2 Å². The molecule has 0 aliphatic heterocycles. The number of rotatable bonds is 9. The number of amides is 1. The minimum Gasteiger partial charge on any atom is -0.493 e. The molecule has 0 spiro atoms. The molecule has 1 amide bonds. The first-order chi connectivity index (χ1) is 14.6. The zero-order chi connectivity index (χ0) is 21.3. The Morgan fingerprint density at radius 3 is 2.23 bits per heavy atom. The van der Waals surface area contributed by atoms with Gasteiger partial charge in [0.1, 0.15) is 6.61 Å². The molecule has 3 aromatic rings. The van der Waals surface area contributed by atoms with Gasteiger partial charge in [-0.15, -0.1) is 0 Å². The molecule has 156 valence electrons. The number of likely N-dealkylation sites (N-methyl/N-ethyl adjacent to an activating group) is 1. The van der Waals surface area contributed by atoms with E-state index >= 15 is 0 Å². The van der Waals surface area contributed by atoms with Crippen LogP contribution < -0.4 is 14.8 Å². The van der Waals surface area contributed by atoms with E-state index in [0.29, 0.717) is 30.2 Å². The molecule has 0 unspecified atom stereocenters. The van der Waals surface area contributed by atoms with Gasteiger partial charge in [0.25, 0.3) is 5.91 Å². The lowest BCUT2D eigenvalue weighted by Crippen LogP contribution is -2.35. The van der Waals surface area contributed by atoms with Gasteiger partial charge in [-0.3, -0.25) is 4.79 Å². The fourth-order valence-electron chi connectivity index (χ4n) is 3.19. The van der Waals surface area contributed by atoms with E-state index in [-0.39, 0.29) is 11.9 Å². The zero-order valence-corrected chi connectivity index (χ0v) is 17.7. The Labute approximate surface area is 178 Å². The number of benzene rings is 3. The van der Waals surface area contributed by atoms with Crippen molar-refractivity contribution >= 4 is 5.91 Å². The molecule has 3 rings (SSSR count). The van der Waals surface area contributed by atoms with Gasteiger partial charge in [-0.25, -0.2) is 0 Å². The van der Waals surface area contributed by atoms with E-state index in [1.165, 1.54) is 0 Å². The van der Waals surface area contributed by atoms with Crippen molar-refractivity contribution in [2.45, 2.75) is 12.6 Å². The van der Waals surface area contributed by atoms with Crippen LogP contribution in [0.1, 0.15) is 27.5 Å². The molecule has 0 heterocycles. The molecule has 1 N–H and O–H groups in total. The van der Waals surface area contributed by atoms with Gasteiger partial charge in [0.2, 0.25) is 0 Å². The number of carbonyl (C=O) groups is 1. The van der Waals surface area contributed by atoms with Crippen molar-refractivity contribution in [3.8, 4) is 11.5 Å². The fraction of sp³-hybridized carbons (Fsp3) is 0.240. The van der Waals surface area contributed by atoms with E-state index in [0.717, 1.165) is 11.1 Å². The molecule has 5 nitrogen and oxygen atoms in total. The molecule has 0 saturated heterocycles. The van der Waals surface area contributed by atoms with Gasteiger partial charge in [-0.05, 0) is 43.4 Å². The van der Waals surface area contributed by atoms with E-state index in [4.69, 9.17) is 9.47 Å². The molecule has 0 saturated carbocycles. The van der Waals surface area contributed by atoms with Crippen LogP contribution in [0.15, 0.2) is 78.9 Å². The molecule has 0 fully saturated rings. The van der Waals surface area contributed by atoms with Gasteiger partial charge >= 0.3 is 0 Å². The summed E-state index contributed by atoms with van der Waals surface area (Å²) in [5.41, 5.74) is 2.66. The van der Waals surface area contributed by atoms with Crippen LogP contribution in [0.3, 0.4) is 0 Å². The summed E-state index contributed by atoms with van der Waals surface area (Å²) < 4.78 is 11.4. The standard InChI is InChI=1S/C25H28N2O3/c1-27(2)17-22(20-12-8-5-9-13-20)26-25(28)21-14-15-23(24(16-21)29-3)30-18-19-10-6-4-7-11-19/h4-16,22H,17-18H2,1-3H3,(H,26,28)/t22-/m0/s1. The lowest BCUT2D eigenvalue weighted by molar-refractivity contribution is 0.0929. The number of nitrogens with one attached hydrogen (secondary N) is 1. The van der Waals surface area contributed by atoms with E-state index in [9.17, 15) is 4.79 Å². The Bertz CT molecular complexity index is 943. The monoisotopic (exact) mass is 404 g/mol. The quantitative estimate of drug-likeness (QED) is 0.578. The Kier molecular flexibility index (Phi) is 7.46. The third-order valence-electron chi connectivity index (χ3n) is 4.72. The van der Waals surface area contributed by atoms with Crippen LogP contribution in [0.2, 0.25) is 0 Å². The van der Waals surface area contributed by atoms with Gasteiger partial charge < -0.3 is 19.7 Å². The minimum absolute atomic E-state index is 0.117. The van der Waals surface area contributed by atoms with E-state index in [2.05, 4.69) is 10.2 Å². The van der Waals surface area contributed by atoms with Crippen LogP contribution >= 0.6 is 0 Å². The van der Waals surface area contributed by atoms with Gasteiger partial charge in [-0.1, -0.05) is 60.7 Å². The lowest BCUT2D eigenvalue weighted by Gasteiger charge is -2.23. The Hall–Kier alpha value is -3.31. The number of methoxy groups -OCH3 is 1. The average Bonchev–Trinajstić information content (AvgIpc) is 2.78. The van der Waals surface area contributed by atoms with Crippen molar-refractivity contribution in [3.63, 3.8) is 0 Å². The third-order valence-corrected chi connectivity index (χ3v) is 4.72. The highest BCUT2D eigenvalue weighted by Crippen LogP contribution is 2.29. The maximum atomic E-state index is 12.9. The SMILES string of the molecule is COc1cc(C(=O)N[C@@H](CN(C)C)c2ccccc2)ccc1OCc1ccccc1. The summed E-state index contributed by atoms with van der Waals surface area (Å²) in [5, 5.41) is 3.13. The van der Waals surface area contributed by atoms with Crippen LogP contribution in [0.25, 0.3) is 0 Å². The molecule has 5 heteroatoms. The second kappa shape index (κ2) is 10.5. The largest absolute Gasteiger partial charge is 0.493 e. The third kappa shape index (κ3) is 5.84. The summed E-state index contributed by atoms with van der Waals surface area (Å²) >= 11 is 0. The summed E-state index contributed by atoms with van der Waals surface area (Å²) in [7, 11) is 5.55. The minimum atomic E-state index is -0.154. The fourth-order valence-corrected chi connectivity index (χ4v) is 3.19. The Morgan fingerprint density at radius 1 is 0.933 bits per heavy atom. The molecule has 30 heavy (non-hydrogen) atoms. The lowest BCUT2D eigenvalue weighted by atomic mass is 10.1. The number of ether oxygens (including phenoxy) is 2. The predicted octanol–water partition coefficient (Wildman–Crippen LogP) is 4.31. The molecule has 0 bridgehead atoms. The van der Waals surface area contributed by atoms with Crippen LogP contribution in [-0.4, -0.2) is 38.6 Å². The van der Waals surface area contributed by atoms with Crippen molar-refractivity contribution < 1.29 is 14.3 Å². The topological polar surface area (TPSA) is 50.8 Å². The number of hydrogen-bond donors (Lipinski definition) is 1. The molecule has 0 radical (unpaired) electrons. The average molecular weight is 405 g/mol. The van der Waals surface area contributed by atoms with E-state index in [1.807, 2.05) is 74.8 Å². The van der Waals surface area contributed by atoms with E-state index < -0.39 is 0 Å². The summed E-state index contributed by atoms with van der Waals surface area (Å²) in [6, 6.07) is 25.0. The van der Waals surface area contributed by atoms with Gasteiger partial charge in [-0.2, -0.15) is 0 Å². The Morgan fingerprint density at radius 2 is 1.60 bits per heavy atom. The maximum Gasteiger partial charge on any atom is 0.251 e. The van der Waals surface area contributed by atoms with Gasteiger partial charge in [0, 0.05) is 12.1 Å². The number of carbonyl (C=O) groups excluding carboxylic acids is 1. The summed E-state index contributed by atoms with van der Waals surface area (Å²) in [6.07, 6.45) is 0. The second-order valence-corrected chi connectivity index (χ2v) is 7.34. The highest BCUT2D eigenvalue weighted by Gasteiger charge is 2.18. The second-order valence-electron chi connectivity index (χ2n) is 7.34. The van der Waals surface area contributed by atoms with Gasteiger partial charge in [0.15, 0.2) is 11.5 Å². The van der Waals surface area contributed by atoms with Crippen LogP contribution in [0.4, 0.5) is 0 Å². The first-order valence-corrected chi connectivity index (χ1v) is 9.92. The van der Waals surface area contributed by atoms with Gasteiger partial charge in [0.05, 0.1) is 13.2 Å². The molecule has 0 aromatic heterocycles. The predicted molar refractivity (Wildman–Crippen MR) is 119 cm³/mol. The molecule has 0 aliphatic rings. The highest BCUT2D eigenvalue weighted by molar-refractivity contribution is 5.95. The maximum absolute atomic E-state index is 12.9. The van der Waals surface area contributed by atoms with Crippen LogP contribution in [0, 0.1) is 0 Å². The first kappa shape index (κ1) is 21.4. The zero-order valence-electron chi connectivity index (χ0n) is 17.7. The number of hydrogen-bond acceptors (Lipinski definition) is 4. The first-order valence-electron chi connectivity index (χ1n) is 9.92. The molecule has 1 atom stereocenters. The van der Waals surface area contributed by atoms with Crippen molar-refractivity contribution in [2.24, 2.45) is 0 Å². The molecular formula is C25H28N2O3. The van der Waals surface area contributed by atoms with Crippen molar-refractivity contribution in [1.29, 1.82) is 0 Å². The summed E-state index contributed by atoms with van der Waals surface area (Å²) in [6.45, 7) is 1.13. The molecule has 0 aliphatic carbocycles. The summed E-state index contributed by atoms with van der Waals surface area (Å²) in [5.74, 6) is 0.979. The number of nitrogens with zero attached hydrogens (tertiary/aromatic N) is 1. The Balaban J connectivity index is 1.73. The van der Waals surface area contributed by atoms with Crippen molar-refractivity contribution in [3.05, 3.63) is 95.6 Å². The highest BCUT2D eigenvalue weighted by atomic mass is 16.5. The summed E-state index contributed by atoms with van der Waals surface area (Å²) in [4.78, 5) is 15.0. The normalized spacial score (nSPS) is 11.7. The molecule has 3 aromatic carbocycles. The van der Waals surface area contributed by atoms with Crippen LogP contribution in [0.5, 0.6) is 11.5 Å². The van der Waals surface area contributed by atoms with Crippen LogP contribution in [-0.2, 0) is 6.61 Å².